The molecule has 0 aromatic heterocycles. The standard InChI is InChI=1S/C32H36OP.HI/c1(2-16-26-33-28-29-18-8-4-9-19-29)3-17-27-34(30-20-10-5-11-21-30,31-22-12-6-13-23-31)32-24-14-7-15-25-32;/h4-15,18-25H,1-3,16-17,26-28H2;1H/q+1;/p-1. The third-order valence-corrected chi connectivity index (χ3v) is 11.0. The monoisotopic (exact) mass is 594 g/mol. The van der Waals surface area contributed by atoms with Gasteiger partial charge in [-0.05, 0) is 61.2 Å². The lowest BCUT2D eigenvalue weighted by atomic mass is 10.2. The first-order valence-corrected chi connectivity index (χ1v) is 14.5. The number of halogens is 1. The van der Waals surface area contributed by atoms with E-state index >= 15 is 0 Å². The third kappa shape index (κ3) is 7.74. The average molecular weight is 595 g/mol. The van der Waals surface area contributed by atoms with Crippen LogP contribution >= 0.6 is 7.26 Å². The van der Waals surface area contributed by atoms with Crippen molar-refractivity contribution in [3.05, 3.63) is 127 Å². The van der Waals surface area contributed by atoms with E-state index in [9.17, 15) is 0 Å². The SMILES string of the molecule is [I-].c1ccc(COCCCCCCC[P+](c2ccccc2)(c2ccccc2)c2ccccc2)cc1. The minimum Gasteiger partial charge on any atom is -1.00 e. The summed E-state index contributed by atoms with van der Waals surface area (Å²) in [5.41, 5.74) is 1.26. The van der Waals surface area contributed by atoms with Crippen molar-refractivity contribution in [3.63, 3.8) is 0 Å². The Labute approximate surface area is 229 Å². The zero-order valence-corrected chi connectivity index (χ0v) is 23.5. The molecule has 0 saturated heterocycles. The summed E-state index contributed by atoms with van der Waals surface area (Å²) in [6, 6.07) is 44.1. The Bertz CT molecular complexity index is 975. The second-order valence-electron chi connectivity index (χ2n) is 8.85. The summed E-state index contributed by atoms with van der Waals surface area (Å²) >= 11 is 0. The molecule has 0 amide bonds. The van der Waals surface area contributed by atoms with Crippen LogP contribution in [0, 0.1) is 0 Å². The lowest BCUT2D eigenvalue weighted by Crippen LogP contribution is -3.00. The van der Waals surface area contributed by atoms with Crippen molar-refractivity contribution < 1.29 is 28.7 Å². The van der Waals surface area contributed by atoms with Gasteiger partial charge in [0, 0.05) is 6.61 Å². The average Bonchev–Trinajstić information content (AvgIpc) is 2.92. The van der Waals surface area contributed by atoms with Gasteiger partial charge < -0.3 is 28.7 Å². The third-order valence-electron chi connectivity index (χ3n) is 6.48. The molecule has 182 valence electrons. The Kier molecular flexibility index (Phi) is 12.0. The van der Waals surface area contributed by atoms with E-state index in [1.54, 1.807) is 0 Å². The van der Waals surface area contributed by atoms with Gasteiger partial charge >= 0.3 is 0 Å². The molecule has 0 saturated carbocycles. The predicted molar refractivity (Wildman–Crippen MR) is 149 cm³/mol. The fraction of sp³-hybridized carbons (Fsp3) is 0.250. The Morgan fingerprint density at radius 1 is 0.457 bits per heavy atom. The van der Waals surface area contributed by atoms with Gasteiger partial charge in [0.2, 0.25) is 0 Å². The fourth-order valence-electron chi connectivity index (χ4n) is 4.73. The summed E-state index contributed by atoms with van der Waals surface area (Å²) in [7, 11) is -1.68. The summed E-state index contributed by atoms with van der Waals surface area (Å²) in [4.78, 5) is 0. The Balaban J connectivity index is 0.00000342. The second kappa shape index (κ2) is 15.2. The molecule has 0 aliphatic heterocycles. The molecule has 1 nitrogen and oxygen atoms in total. The van der Waals surface area contributed by atoms with Crippen LogP contribution in [0.3, 0.4) is 0 Å². The van der Waals surface area contributed by atoms with Crippen molar-refractivity contribution in [1.82, 2.24) is 0 Å². The maximum atomic E-state index is 5.86. The summed E-state index contributed by atoms with van der Waals surface area (Å²) in [6.45, 7) is 1.57. The minimum atomic E-state index is -1.68. The molecule has 0 spiro atoms. The van der Waals surface area contributed by atoms with Crippen molar-refractivity contribution in [2.75, 3.05) is 12.8 Å². The minimum absolute atomic E-state index is 0. The van der Waals surface area contributed by atoms with Gasteiger partial charge in [-0.15, -0.1) is 0 Å². The van der Waals surface area contributed by atoms with Gasteiger partial charge in [-0.1, -0.05) is 97.8 Å². The van der Waals surface area contributed by atoms with Gasteiger partial charge in [0.15, 0.2) is 0 Å². The first-order valence-electron chi connectivity index (χ1n) is 12.6. The summed E-state index contributed by atoms with van der Waals surface area (Å²) in [5, 5.41) is 4.46. The topological polar surface area (TPSA) is 9.23 Å². The highest BCUT2D eigenvalue weighted by Crippen LogP contribution is 2.55. The largest absolute Gasteiger partial charge is 1.00 e. The lowest BCUT2D eigenvalue weighted by molar-refractivity contribution is -0.00000726. The van der Waals surface area contributed by atoms with Crippen LogP contribution in [-0.2, 0) is 11.3 Å². The maximum absolute atomic E-state index is 5.86. The quantitative estimate of drug-likeness (QED) is 0.129. The van der Waals surface area contributed by atoms with Crippen LogP contribution in [0.2, 0.25) is 0 Å². The van der Waals surface area contributed by atoms with E-state index in [0.29, 0.717) is 0 Å². The highest BCUT2D eigenvalue weighted by Gasteiger charge is 2.44. The molecule has 4 rings (SSSR count). The van der Waals surface area contributed by atoms with Crippen molar-refractivity contribution in [2.24, 2.45) is 0 Å². The molecule has 4 aromatic carbocycles. The molecule has 4 aromatic rings. The van der Waals surface area contributed by atoms with E-state index in [1.807, 2.05) is 6.07 Å². The van der Waals surface area contributed by atoms with Gasteiger partial charge in [0.1, 0.15) is 23.2 Å². The van der Waals surface area contributed by atoms with Gasteiger partial charge in [-0.25, -0.2) is 0 Å². The molecular weight excluding hydrogens is 558 g/mol. The number of ether oxygens (including phenoxy) is 1. The molecule has 0 fully saturated rings. The summed E-state index contributed by atoms with van der Waals surface area (Å²) in [6.07, 6.45) is 7.39. The summed E-state index contributed by atoms with van der Waals surface area (Å²) in [5.74, 6) is 0. The van der Waals surface area contributed by atoms with Crippen LogP contribution in [0.5, 0.6) is 0 Å². The first-order chi connectivity index (χ1) is 16.9. The zero-order chi connectivity index (χ0) is 23.3. The molecule has 3 heteroatoms. The molecule has 0 bridgehead atoms. The van der Waals surface area contributed by atoms with E-state index in [1.165, 1.54) is 53.3 Å². The Morgan fingerprint density at radius 2 is 0.857 bits per heavy atom. The molecule has 0 aliphatic rings. The first kappa shape index (κ1) is 27.6. The van der Waals surface area contributed by atoms with E-state index in [0.717, 1.165) is 19.6 Å². The maximum Gasteiger partial charge on any atom is 0.112 e. The Morgan fingerprint density at radius 3 is 1.34 bits per heavy atom. The van der Waals surface area contributed by atoms with Gasteiger partial charge in [0.05, 0.1) is 12.8 Å². The van der Waals surface area contributed by atoms with Crippen LogP contribution in [0.15, 0.2) is 121 Å². The van der Waals surface area contributed by atoms with E-state index < -0.39 is 7.26 Å². The number of hydrogen-bond donors (Lipinski definition) is 0. The molecule has 0 N–H and O–H groups in total. The van der Waals surface area contributed by atoms with Crippen LogP contribution in [0.25, 0.3) is 0 Å². The highest BCUT2D eigenvalue weighted by molar-refractivity contribution is 7.95. The highest BCUT2D eigenvalue weighted by atomic mass is 127. The van der Waals surface area contributed by atoms with Crippen molar-refractivity contribution >= 4 is 23.2 Å². The number of benzene rings is 4. The van der Waals surface area contributed by atoms with Gasteiger partial charge in [-0.2, -0.15) is 0 Å². The molecule has 0 atom stereocenters. The van der Waals surface area contributed by atoms with Crippen molar-refractivity contribution in [2.45, 2.75) is 38.7 Å². The van der Waals surface area contributed by atoms with Crippen LogP contribution in [0.1, 0.15) is 37.7 Å². The lowest BCUT2D eigenvalue weighted by Gasteiger charge is -2.27. The summed E-state index contributed by atoms with van der Waals surface area (Å²) < 4.78 is 5.86. The number of rotatable bonds is 13. The molecule has 0 aliphatic carbocycles. The molecule has 0 radical (unpaired) electrons. The zero-order valence-electron chi connectivity index (χ0n) is 20.4. The predicted octanol–water partition coefficient (Wildman–Crippen LogP) is 4.15. The fourth-order valence-corrected chi connectivity index (χ4v) is 9.14. The molecular formula is C32H36IOP. The van der Waals surface area contributed by atoms with Gasteiger partial charge in [0.25, 0.3) is 0 Å². The Hall–Kier alpha value is -2.00. The van der Waals surface area contributed by atoms with E-state index in [4.69, 9.17) is 4.74 Å². The molecule has 0 heterocycles. The molecule has 35 heavy (non-hydrogen) atoms. The number of unbranched alkanes of at least 4 members (excludes halogenated alkanes) is 4. The number of hydrogen-bond acceptors (Lipinski definition) is 1. The van der Waals surface area contributed by atoms with E-state index in [-0.39, 0.29) is 24.0 Å². The van der Waals surface area contributed by atoms with Crippen LogP contribution in [0.4, 0.5) is 0 Å². The molecule has 0 unspecified atom stereocenters. The smallest absolute Gasteiger partial charge is 0.112 e. The van der Waals surface area contributed by atoms with E-state index in [2.05, 4.69) is 115 Å². The van der Waals surface area contributed by atoms with Crippen LogP contribution < -0.4 is 39.9 Å². The van der Waals surface area contributed by atoms with Crippen molar-refractivity contribution in [3.8, 4) is 0 Å². The second-order valence-corrected chi connectivity index (χ2v) is 12.5. The van der Waals surface area contributed by atoms with Crippen molar-refractivity contribution in [1.29, 1.82) is 0 Å². The normalized spacial score (nSPS) is 11.1. The van der Waals surface area contributed by atoms with Gasteiger partial charge in [-0.3, -0.25) is 0 Å². The van der Waals surface area contributed by atoms with Crippen LogP contribution in [-0.4, -0.2) is 12.8 Å².